The highest BCUT2D eigenvalue weighted by atomic mass is 16.6. The van der Waals surface area contributed by atoms with E-state index in [1.165, 1.54) is 12.8 Å². The Balaban J connectivity index is 2.34. The third-order valence-electron chi connectivity index (χ3n) is 3.08. The van der Waals surface area contributed by atoms with E-state index in [0.717, 1.165) is 19.5 Å². The molecule has 1 rings (SSSR count). The second-order valence-corrected chi connectivity index (χ2v) is 6.27. The van der Waals surface area contributed by atoms with Crippen LogP contribution >= 0.6 is 0 Å². The zero-order chi connectivity index (χ0) is 13.8. The van der Waals surface area contributed by atoms with Gasteiger partial charge in [-0.2, -0.15) is 0 Å². The Morgan fingerprint density at radius 2 is 2.17 bits per heavy atom. The van der Waals surface area contributed by atoms with Gasteiger partial charge in [0.1, 0.15) is 5.60 Å². The largest absolute Gasteiger partial charge is 0.444 e. The SMILES string of the molecule is CCCC(C)NC1CCN(C(=O)OC(C)(C)C)C1. The normalized spacial score (nSPS) is 22.1. The average Bonchev–Trinajstić information content (AvgIpc) is 2.63. The van der Waals surface area contributed by atoms with Crippen molar-refractivity contribution in [2.45, 2.75) is 71.6 Å². The van der Waals surface area contributed by atoms with Crippen molar-refractivity contribution in [2.24, 2.45) is 0 Å². The van der Waals surface area contributed by atoms with E-state index < -0.39 is 5.60 Å². The van der Waals surface area contributed by atoms with Crippen LogP contribution in [0.4, 0.5) is 4.79 Å². The molecule has 0 radical (unpaired) electrons. The molecule has 0 aromatic rings. The number of hydrogen-bond acceptors (Lipinski definition) is 3. The summed E-state index contributed by atoms with van der Waals surface area (Å²) in [6.45, 7) is 11.7. The van der Waals surface area contributed by atoms with E-state index in [2.05, 4.69) is 19.2 Å². The number of rotatable bonds is 4. The molecule has 1 saturated heterocycles. The van der Waals surface area contributed by atoms with E-state index in [9.17, 15) is 4.79 Å². The van der Waals surface area contributed by atoms with Gasteiger partial charge in [-0.1, -0.05) is 13.3 Å². The fourth-order valence-corrected chi connectivity index (χ4v) is 2.31. The third-order valence-corrected chi connectivity index (χ3v) is 3.08. The second-order valence-electron chi connectivity index (χ2n) is 6.27. The molecule has 2 atom stereocenters. The summed E-state index contributed by atoms with van der Waals surface area (Å²) in [5.74, 6) is 0. The molecule has 0 aliphatic carbocycles. The number of likely N-dealkylation sites (tertiary alicyclic amines) is 1. The average molecular weight is 256 g/mol. The number of amides is 1. The van der Waals surface area contributed by atoms with E-state index in [1.54, 1.807) is 0 Å². The Morgan fingerprint density at radius 1 is 1.50 bits per heavy atom. The van der Waals surface area contributed by atoms with Crippen LogP contribution in [0.5, 0.6) is 0 Å². The highest BCUT2D eigenvalue weighted by Gasteiger charge is 2.29. The first-order valence-electron chi connectivity index (χ1n) is 7.05. The molecule has 18 heavy (non-hydrogen) atoms. The Kier molecular flexibility index (Phi) is 5.45. The molecular weight excluding hydrogens is 228 g/mol. The zero-order valence-electron chi connectivity index (χ0n) is 12.5. The summed E-state index contributed by atoms with van der Waals surface area (Å²) in [5, 5.41) is 3.58. The number of nitrogens with one attached hydrogen (secondary N) is 1. The van der Waals surface area contributed by atoms with Crippen molar-refractivity contribution < 1.29 is 9.53 Å². The number of carbonyl (C=O) groups excluding carboxylic acids is 1. The molecule has 1 heterocycles. The van der Waals surface area contributed by atoms with Gasteiger partial charge in [0.2, 0.25) is 0 Å². The molecule has 1 N–H and O–H groups in total. The van der Waals surface area contributed by atoms with E-state index >= 15 is 0 Å². The number of hydrogen-bond donors (Lipinski definition) is 1. The van der Waals surface area contributed by atoms with Crippen LogP contribution in [0.1, 0.15) is 53.9 Å². The molecule has 2 unspecified atom stereocenters. The molecule has 0 aromatic heterocycles. The highest BCUT2D eigenvalue weighted by molar-refractivity contribution is 5.68. The van der Waals surface area contributed by atoms with Crippen molar-refractivity contribution >= 4 is 6.09 Å². The number of ether oxygens (including phenoxy) is 1. The zero-order valence-corrected chi connectivity index (χ0v) is 12.5. The molecule has 1 fully saturated rings. The summed E-state index contributed by atoms with van der Waals surface area (Å²) >= 11 is 0. The predicted octanol–water partition coefficient (Wildman–Crippen LogP) is 2.77. The molecule has 1 aliphatic heterocycles. The first-order chi connectivity index (χ1) is 8.31. The van der Waals surface area contributed by atoms with Crippen molar-refractivity contribution in [1.29, 1.82) is 0 Å². The van der Waals surface area contributed by atoms with Gasteiger partial charge in [0.05, 0.1) is 0 Å². The molecule has 0 bridgehead atoms. The van der Waals surface area contributed by atoms with Crippen LogP contribution in [0.25, 0.3) is 0 Å². The van der Waals surface area contributed by atoms with Gasteiger partial charge in [-0.25, -0.2) is 4.79 Å². The van der Waals surface area contributed by atoms with E-state index in [-0.39, 0.29) is 6.09 Å². The van der Waals surface area contributed by atoms with Crippen molar-refractivity contribution in [2.75, 3.05) is 13.1 Å². The maximum absolute atomic E-state index is 11.9. The first-order valence-corrected chi connectivity index (χ1v) is 7.05. The minimum Gasteiger partial charge on any atom is -0.444 e. The van der Waals surface area contributed by atoms with Crippen LogP contribution in [0, 0.1) is 0 Å². The van der Waals surface area contributed by atoms with E-state index in [0.29, 0.717) is 12.1 Å². The lowest BCUT2D eigenvalue weighted by Gasteiger charge is -2.25. The van der Waals surface area contributed by atoms with Crippen LogP contribution in [0.3, 0.4) is 0 Å². The molecule has 0 saturated carbocycles. The fourth-order valence-electron chi connectivity index (χ4n) is 2.31. The standard InChI is InChI=1S/C14H28N2O2/c1-6-7-11(2)15-12-8-9-16(10-12)13(17)18-14(3,4)5/h11-12,15H,6-10H2,1-5H3. The minimum atomic E-state index is -0.405. The van der Waals surface area contributed by atoms with Crippen LogP contribution in [-0.2, 0) is 4.74 Å². The molecule has 4 heteroatoms. The van der Waals surface area contributed by atoms with E-state index in [4.69, 9.17) is 4.74 Å². The number of carbonyl (C=O) groups is 1. The maximum Gasteiger partial charge on any atom is 0.410 e. The number of nitrogens with zero attached hydrogens (tertiary/aromatic N) is 1. The van der Waals surface area contributed by atoms with Crippen LogP contribution in [-0.4, -0.2) is 41.8 Å². The first kappa shape index (κ1) is 15.3. The van der Waals surface area contributed by atoms with Gasteiger partial charge in [0.15, 0.2) is 0 Å². The lowest BCUT2D eigenvalue weighted by molar-refractivity contribution is 0.0290. The Bertz CT molecular complexity index is 273. The summed E-state index contributed by atoms with van der Waals surface area (Å²) in [5.41, 5.74) is -0.405. The second kappa shape index (κ2) is 6.41. The minimum absolute atomic E-state index is 0.185. The molecule has 1 aliphatic rings. The summed E-state index contributed by atoms with van der Waals surface area (Å²) in [4.78, 5) is 13.7. The van der Waals surface area contributed by atoms with Gasteiger partial charge in [0.25, 0.3) is 0 Å². The van der Waals surface area contributed by atoms with Gasteiger partial charge in [0, 0.05) is 25.2 Å². The monoisotopic (exact) mass is 256 g/mol. The van der Waals surface area contributed by atoms with Gasteiger partial charge in [-0.05, 0) is 40.5 Å². The maximum atomic E-state index is 11.9. The molecule has 4 nitrogen and oxygen atoms in total. The smallest absolute Gasteiger partial charge is 0.410 e. The topological polar surface area (TPSA) is 41.6 Å². The highest BCUT2D eigenvalue weighted by Crippen LogP contribution is 2.16. The fraction of sp³-hybridized carbons (Fsp3) is 0.929. The van der Waals surface area contributed by atoms with Crippen molar-refractivity contribution in [3.05, 3.63) is 0 Å². The van der Waals surface area contributed by atoms with Gasteiger partial charge >= 0.3 is 6.09 Å². The Morgan fingerprint density at radius 3 is 2.72 bits per heavy atom. The van der Waals surface area contributed by atoms with Gasteiger partial charge in [-0.3, -0.25) is 0 Å². The summed E-state index contributed by atoms with van der Waals surface area (Å²) < 4.78 is 5.38. The quantitative estimate of drug-likeness (QED) is 0.841. The molecule has 0 spiro atoms. The van der Waals surface area contributed by atoms with Gasteiger partial charge < -0.3 is 15.0 Å². The van der Waals surface area contributed by atoms with Crippen LogP contribution in [0.2, 0.25) is 0 Å². The third kappa shape index (κ3) is 5.25. The van der Waals surface area contributed by atoms with Crippen molar-refractivity contribution in [3.63, 3.8) is 0 Å². The molecule has 0 aromatic carbocycles. The predicted molar refractivity (Wildman–Crippen MR) is 73.7 cm³/mol. The van der Waals surface area contributed by atoms with Gasteiger partial charge in [-0.15, -0.1) is 0 Å². The molecular formula is C14H28N2O2. The lowest BCUT2D eigenvalue weighted by Crippen LogP contribution is -2.41. The Hall–Kier alpha value is -0.770. The van der Waals surface area contributed by atoms with Crippen LogP contribution < -0.4 is 5.32 Å². The van der Waals surface area contributed by atoms with Crippen molar-refractivity contribution in [1.82, 2.24) is 10.2 Å². The molecule has 106 valence electrons. The van der Waals surface area contributed by atoms with Crippen molar-refractivity contribution in [3.8, 4) is 0 Å². The lowest BCUT2D eigenvalue weighted by atomic mass is 10.1. The summed E-state index contributed by atoms with van der Waals surface area (Å²) in [6.07, 6.45) is 3.21. The van der Waals surface area contributed by atoms with E-state index in [1.807, 2.05) is 25.7 Å². The Labute approximate surface area is 111 Å². The summed E-state index contributed by atoms with van der Waals surface area (Å²) in [6, 6.07) is 0.942. The summed E-state index contributed by atoms with van der Waals surface area (Å²) in [7, 11) is 0. The molecule has 1 amide bonds. The van der Waals surface area contributed by atoms with Crippen LogP contribution in [0.15, 0.2) is 0 Å².